The molecular formula is C39H64O14. The molecule has 4 aliphatic heterocycles. The van der Waals surface area contributed by atoms with Gasteiger partial charge in [0.1, 0.15) is 42.7 Å². The van der Waals surface area contributed by atoms with Crippen LogP contribution in [0.4, 0.5) is 0 Å². The molecule has 0 bridgehead atoms. The van der Waals surface area contributed by atoms with E-state index in [1.54, 1.807) is 0 Å². The molecule has 304 valence electrons. The van der Waals surface area contributed by atoms with Gasteiger partial charge in [-0.25, -0.2) is 0 Å². The molecule has 0 aromatic heterocycles. The summed E-state index contributed by atoms with van der Waals surface area (Å²) in [6, 6.07) is 0. The SMILES string of the molecule is CC1CCC2(OC1)OC1CC3C4CC(O)C5(O)CC(OC6OC(CO)C(O)C(O)C6OC6OC(C)C(O)C(O)C6O)CCC5(C)C4CCC3(C)C1C2C. The molecule has 4 heterocycles. The average Bonchev–Trinajstić information content (AvgIpc) is 3.57. The summed E-state index contributed by atoms with van der Waals surface area (Å²) in [4.78, 5) is 0. The Kier molecular flexibility index (Phi) is 10.2. The van der Waals surface area contributed by atoms with E-state index in [2.05, 4.69) is 27.7 Å². The number of hydrogen-bond donors (Lipinski definition) is 8. The van der Waals surface area contributed by atoms with Gasteiger partial charge in [0.25, 0.3) is 0 Å². The third-order valence-corrected chi connectivity index (χ3v) is 16.3. The summed E-state index contributed by atoms with van der Waals surface area (Å²) in [5.74, 6) is 1.50. The standard InChI is InChI=1S/C39H64O14/c1-17-6-11-39(48-16-17)18(2)27-24(53-39)13-23-21-12-26(41)38(47)14-20(7-10-37(38,5)22(21)8-9-36(23,27)4)50-35-33(31(45)29(43)25(15-40)51-35)52-34-32(46)30(44)28(42)19(3)49-34/h17-35,40-47H,6-16H2,1-5H3. The van der Waals surface area contributed by atoms with Crippen LogP contribution < -0.4 is 0 Å². The lowest BCUT2D eigenvalue weighted by Crippen LogP contribution is -2.69. The summed E-state index contributed by atoms with van der Waals surface area (Å²) in [6.45, 7) is 10.7. The Morgan fingerprint density at radius 3 is 2.21 bits per heavy atom. The summed E-state index contributed by atoms with van der Waals surface area (Å²) in [5, 5.41) is 87.6. The molecule has 4 saturated carbocycles. The van der Waals surface area contributed by atoms with Crippen LogP contribution in [-0.2, 0) is 28.4 Å². The van der Waals surface area contributed by atoms with Crippen LogP contribution in [0.2, 0.25) is 0 Å². The first-order valence-electron chi connectivity index (χ1n) is 20.3. The van der Waals surface area contributed by atoms with Crippen molar-refractivity contribution in [2.45, 2.75) is 184 Å². The molecule has 4 aliphatic carbocycles. The Bertz CT molecular complexity index is 1330. The molecule has 14 heteroatoms. The maximum atomic E-state index is 12.6. The molecule has 53 heavy (non-hydrogen) atoms. The molecule has 14 nitrogen and oxygen atoms in total. The van der Waals surface area contributed by atoms with E-state index >= 15 is 0 Å². The second-order valence-corrected chi connectivity index (χ2v) is 19.0. The molecule has 1 spiro atoms. The van der Waals surface area contributed by atoms with Crippen molar-refractivity contribution in [1.29, 1.82) is 0 Å². The van der Waals surface area contributed by atoms with Crippen molar-refractivity contribution in [3.8, 4) is 0 Å². The number of hydrogen-bond acceptors (Lipinski definition) is 14. The van der Waals surface area contributed by atoms with Gasteiger partial charge >= 0.3 is 0 Å². The van der Waals surface area contributed by atoms with Gasteiger partial charge in [-0.1, -0.05) is 27.7 Å². The zero-order chi connectivity index (χ0) is 38.0. The van der Waals surface area contributed by atoms with Gasteiger partial charge in [-0.2, -0.15) is 0 Å². The van der Waals surface area contributed by atoms with Crippen LogP contribution in [0, 0.1) is 46.3 Å². The highest BCUT2D eigenvalue weighted by molar-refractivity contribution is 5.20. The van der Waals surface area contributed by atoms with E-state index in [0.29, 0.717) is 37.0 Å². The normalized spacial score (nSPS) is 61.0. The Morgan fingerprint density at radius 1 is 0.755 bits per heavy atom. The molecule has 8 rings (SSSR count). The van der Waals surface area contributed by atoms with Gasteiger partial charge in [0.15, 0.2) is 18.4 Å². The average molecular weight is 757 g/mol. The fourth-order valence-corrected chi connectivity index (χ4v) is 13.2. The highest BCUT2D eigenvalue weighted by atomic mass is 16.8. The number of rotatable bonds is 5. The molecule has 0 radical (unpaired) electrons. The van der Waals surface area contributed by atoms with Gasteiger partial charge in [0, 0.05) is 24.2 Å². The second-order valence-electron chi connectivity index (χ2n) is 19.0. The fraction of sp³-hybridized carbons (Fsp3) is 1.00. The topological polar surface area (TPSA) is 217 Å². The fourth-order valence-electron chi connectivity index (χ4n) is 13.2. The van der Waals surface area contributed by atoms with Gasteiger partial charge < -0.3 is 69.3 Å². The zero-order valence-corrected chi connectivity index (χ0v) is 31.8. The Morgan fingerprint density at radius 2 is 1.51 bits per heavy atom. The zero-order valence-electron chi connectivity index (χ0n) is 31.8. The first kappa shape index (κ1) is 39.3. The molecule has 23 atom stereocenters. The van der Waals surface area contributed by atoms with E-state index in [-0.39, 0.29) is 35.7 Å². The quantitative estimate of drug-likeness (QED) is 0.180. The van der Waals surface area contributed by atoms with Gasteiger partial charge in [0.2, 0.25) is 0 Å². The Hall–Kier alpha value is -0.560. The van der Waals surface area contributed by atoms with Crippen molar-refractivity contribution in [1.82, 2.24) is 0 Å². The summed E-state index contributed by atoms with van der Waals surface area (Å²) < 4.78 is 37.3. The summed E-state index contributed by atoms with van der Waals surface area (Å²) >= 11 is 0. The van der Waals surface area contributed by atoms with Gasteiger partial charge in [-0.05, 0) is 86.9 Å². The van der Waals surface area contributed by atoms with Crippen molar-refractivity contribution >= 4 is 0 Å². The molecule has 4 saturated heterocycles. The largest absolute Gasteiger partial charge is 0.394 e. The first-order valence-corrected chi connectivity index (χ1v) is 20.3. The second kappa shape index (κ2) is 13.8. The van der Waals surface area contributed by atoms with Crippen molar-refractivity contribution in [2.75, 3.05) is 13.2 Å². The monoisotopic (exact) mass is 756 g/mol. The van der Waals surface area contributed by atoms with Crippen LogP contribution in [0.5, 0.6) is 0 Å². The third-order valence-electron chi connectivity index (χ3n) is 16.3. The number of aliphatic hydroxyl groups is 8. The predicted octanol–water partition coefficient (Wildman–Crippen LogP) is 0.556. The van der Waals surface area contributed by atoms with Gasteiger partial charge in [-0.3, -0.25) is 0 Å². The molecule has 0 aromatic rings. The molecule has 8 fully saturated rings. The minimum atomic E-state index is -1.68. The van der Waals surface area contributed by atoms with Crippen LogP contribution >= 0.6 is 0 Å². The molecule has 8 aliphatic rings. The van der Waals surface area contributed by atoms with Crippen LogP contribution in [0.25, 0.3) is 0 Å². The number of fused-ring (bicyclic) bond motifs is 7. The molecule has 8 N–H and O–H groups in total. The van der Waals surface area contributed by atoms with E-state index in [9.17, 15) is 40.9 Å². The van der Waals surface area contributed by atoms with Crippen LogP contribution in [0.15, 0.2) is 0 Å². The maximum absolute atomic E-state index is 12.6. The van der Waals surface area contributed by atoms with Crippen molar-refractivity contribution < 1.29 is 69.3 Å². The minimum Gasteiger partial charge on any atom is -0.394 e. The lowest BCUT2D eigenvalue weighted by molar-refractivity contribution is -0.374. The Labute approximate surface area is 312 Å². The summed E-state index contributed by atoms with van der Waals surface area (Å²) in [5.41, 5.74) is -2.02. The van der Waals surface area contributed by atoms with Gasteiger partial charge in [0.05, 0.1) is 43.2 Å². The molecule has 23 unspecified atom stereocenters. The third kappa shape index (κ3) is 5.86. The van der Waals surface area contributed by atoms with Gasteiger partial charge in [-0.15, -0.1) is 0 Å². The van der Waals surface area contributed by atoms with E-state index in [1.807, 2.05) is 0 Å². The lowest BCUT2D eigenvalue weighted by atomic mass is 9.42. The van der Waals surface area contributed by atoms with E-state index in [1.165, 1.54) is 6.92 Å². The number of aliphatic hydroxyl groups excluding tert-OH is 7. The van der Waals surface area contributed by atoms with Crippen molar-refractivity contribution in [3.05, 3.63) is 0 Å². The van der Waals surface area contributed by atoms with E-state index in [0.717, 1.165) is 38.7 Å². The van der Waals surface area contributed by atoms with Crippen LogP contribution in [-0.4, -0.2) is 145 Å². The molecule has 0 aromatic carbocycles. The highest BCUT2D eigenvalue weighted by Crippen LogP contribution is 2.72. The molecular weight excluding hydrogens is 692 g/mol. The maximum Gasteiger partial charge on any atom is 0.187 e. The smallest absolute Gasteiger partial charge is 0.187 e. The minimum absolute atomic E-state index is 0.0521. The molecule has 0 amide bonds. The van der Waals surface area contributed by atoms with E-state index in [4.69, 9.17) is 28.4 Å². The van der Waals surface area contributed by atoms with Crippen LogP contribution in [0.3, 0.4) is 0 Å². The van der Waals surface area contributed by atoms with E-state index < -0.39 is 97.0 Å². The lowest BCUT2D eigenvalue weighted by Gasteiger charge is -2.65. The van der Waals surface area contributed by atoms with Crippen LogP contribution in [0.1, 0.15) is 92.4 Å². The predicted molar refractivity (Wildman–Crippen MR) is 184 cm³/mol. The number of ether oxygens (including phenoxy) is 6. The van der Waals surface area contributed by atoms with Crippen molar-refractivity contribution in [2.24, 2.45) is 46.3 Å². The first-order chi connectivity index (χ1) is 25.0. The summed E-state index contributed by atoms with van der Waals surface area (Å²) in [7, 11) is 0. The summed E-state index contributed by atoms with van der Waals surface area (Å²) in [6.07, 6.45) is -9.21. The highest BCUT2D eigenvalue weighted by Gasteiger charge is 2.72. The van der Waals surface area contributed by atoms with Crippen molar-refractivity contribution in [3.63, 3.8) is 0 Å². The Balaban J connectivity index is 0.983.